The van der Waals surface area contributed by atoms with Gasteiger partial charge in [-0.3, -0.25) is 4.79 Å². The lowest BCUT2D eigenvalue weighted by molar-refractivity contribution is -0.113. The van der Waals surface area contributed by atoms with Crippen LogP contribution in [-0.4, -0.2) is 25.7 Å². The normalized spacial score (nSPS) is 15.9. The van der Waals surface area contributed by atoms with Crippen LogP contribution in [0.5, 0.6) is 11.5 Å². The third kappa shape index (κ3) is 4.76. The summed E-state index contributed by atoms with van der Waals surface area (Å²) >= 11 is 3.47. The third-order valence-corrected chi connectivity index (χ3v) is 5.11. The van der Waals surface area contributed by atoms with Gasteiger partial charge in [0.1, 0.15) is 11.5 Å². The first-order valence-corrected chi connectivity index (χ1v) is 10.4. The van der Waals surface area contributed by atoms with Gasteiger partial charge in [-0.2, -0.15) is 0 Å². The molecule has 0 spiro atoms. The molecule has 3 amide bonds. The minimum Gasteiger partial charge on any atom is -0.495 e. The summed E-state index contributed by atoms with van der Waals surface area (Å²) < 4.78 is 12.0. The molecule has 0 unspecified atom stereocenters. The number of carbonyl (C=O) groups is 2. The second-order valence-electron chi connectivity index (χ2n) is 6.76. The Morgan fingerprint density at radius 3 is 2.70 bits per heavy atom. The molecule has 3 N–H and O–H groups in total. The second-order valence-corrected chi connectivity index (χ2v) is 7.67. The molecule has 158 valence electrons. The van der Waals surface area contributed by atoms with Gasteiger partial charge in [0, 0.05) is 15.7 Å². The topological polar surface area (TPSA) is 88.7 Å². The molecule has 1 aliphatic rings. The molecule has 7 nitrogen and oxygen atoms in total. The zero-order valence-corrected chi connectivity index (χ0v) is 18.6. The van der Waals surface area contributed by atoms with Crippen molar-refractivity contribution in [1.29, 1.82) is 0 Å². The minimum absolute atomic E-state index is 0.351. The molecule has 0 saturated heterocycles. The summed E-state index contributed by atoms with van der Waals surface area (Å²) in [7, 11) is 1.54. The molecule has 0 aliphatic carbocycles. The number of halogens is 1. The highest BCUT2D eigenvalue weighted by Crippen LogP contribution is 2.36. The zero-order chi connectivity index (χ0) is 21.7. The maximum atomic E-state index is 13.3. The Morgan fingerprint density at radius 1 is 1.20 bits per heavy atom. The van der Waals surface area contributed by atoms with E-state index in [0.717, 1.165) is 10.9 Å². The number of anilines is 1. The Hall–Kier alpha value is -3.00. The molecule has 3 rings (SSSR count). The lowest BCUT2D eigenvalue weighted by Gasteiger charge is -2.30. The van der Waals surface area contributed by atoms with Gasteiger partial charge in [-0.15, -0.1) is 0 Å². The van der Waals surface area contributed by atoms with Crippen molar-refractivity contribution >= 4 is 33.6 Å². The zero-order valence-electron chi connectivity index (χ0n) is 17.0. The quantitative estimate of drug-likeness (QED) is 0.551. The first kappa shape index (κ1) is 21.7. The highest BCUT2D eigenvalue weighted by atomic mass is 79.9. The number of hydrogen-bond donors (Lipinski definition) is 3. The van der Waals surface area contributed by atoms with Crippen LogP contribution >= 0.6 is 15.9 Å². The Balaban J connectivity index is 2.01. The number of para-hydroxylation sites is 2. The van der Waals surface area contributed by atoms with Crippen LogP contribution in [0.1, 0.15) is 31.9 Å². The van der Waals surface area contributed by atoms with Gasteiger partial charge in [-0.25, -0.2) is 4.79 Å². The highest BCUT2D eigenvalue weighted by Gasteiger charge is 2.33. The second kappa shape index (κ2) is 9.67. The number of benzene rings is 2. The van der Waals surface area contributed by atoms with Gasteiger partial charge >= 0.3 is 6.03 Å². The molecule has 8 heteroatoms. The summed E-state index contributed by atoms with van der Waals surface area (Å²) in [6, 6.07) is 11.6. The van der Waals surface area contributed by atoms with Crippen molar-refractivity contribution in [3.05, 3.63) is 63.8 Å². The summed E-state index contributed by atoms with van der Waals surface area (Å²) in [5.74, 6) is 0.807. The SMILES string of the molecule is CCCOc1ccc(Br)cc1[C@@H]1NC(=O)NC(C)=C1C(=O)Nc1ccccc1OC. The van der Waals surface area contributed by atoms with Crippen molar-refractivity contribution in [3.63, 3.8) is 0 Å². The fraction of sp³-hybridized carbons (Fsp3) is 0.273. The molecule has 0 aromatic heterocycles. The van der Waals surface area contributed by atoms with E-state index >= 15 is 0 Å². The fourth-order valence-corrected chi connectivity index (χ4v) is 3.63. The maximum Gasteiger partial charge on any atom is 0.319 e. The fourth-order valence-electron chi connectivity index (χ4n) is 3.25. The van der Waals surface area contributed by atoms with Crippen LogP contribution in [0.2, 0.25) is 0 Å². The van der Waals surface area contributed by atoms with Gasteiger partial charge < -0.3 is 25.4 Å². The maximum absolute atomic E-state index is 13.3. The van der Waals surface area contributed by atoms with E-state index in [0.29, 0.717) is 40.6 Å². The van der Waals surface area contributed by atoms with Crippen LogP contribution in [0, 0.1) is 0 Å². The standard InChI is InChI=1S/C22H24BrN3O4/c1-4-11-30-17-10-9-14(23)12-15(17)20-19(13(2)24-22(28)26-20)21(27)25-16-7-5-6-8-18(16)29-3/h5-10,12,20H,4,11H2,1-3H3,(H,25,27)(H2,24,26,28)/t20-/m0/s1. The number of carbonyl (C=O) groups excluding carboxylic acids is 2. The van der Waals surface area contributed by atoms with Crippen molar-refractivity contribution in [2.45, 2.75) is 26.3 Å². The number of urea groups is 1. The molecule has 2 aromatic carbocycles. The van der Waals surface area contributed by atoms with Gasteiger partial charge in [0.05, 0.1) is 31.0 Å². The number of ether oxygens (including phenoxy) is 2. The van der Waals surface area contributed by atoms with Crippen molar-refractivity contribution in [1.82, 2.24) is 10.6 Å². The predicted octanol–water partition coefficient (Wildman–Crippen LogP) is 4.51. The minimum atomic E-state index is -0.683. The van der Waals surface area contributed by atoms with Crippen molar-refractivity contribution in [2.75, 3.05) is 19.0 Å². The molecular formula is C22H24BrN3O4. The molecule has 30 heavy (non-hydrogen) atoms. The van der Waals surface area contributed by atoms with E-state index in [4.69, 9.17) is 9.47 Å². The van der Waals surface area contributed by atoms with Gasteiger partial charge in [0.25, 0.3) is 5.91 Å². The lowest BCUT2D eigenvalue weighted by atomic mass is 9.94. The molecule has 0 fully saturated rings. The van der Waals surface area contributed by atoms with E-state index in [1.54, 1.807) is 26.2 Å². The lowest BCUT2D eigenvalue weighted by Crippen LogP contribution is -2.46. The monoisotopic (exact) mass is 473 g/mol. The van der Waals surface area contributed by atoms with E-state index in [1.807, 2.05) is 37.3 Å². The molecule has 0 bridgehead atoms. The average molecular weight is 474 g/mol. The van der Waals surface area contributed by atoms with Crippen LogP contribution in [-0.2, 0) is 4.79 Å². The van der Waals surface area contributed by atoms with Gasteiger partial charge in [0.2, 0.25) is 0 Å². The van der Waals surface area contributed by atoms with Crippen LogP contribution < -0.4 is 25.4 Å². The summed E-state index contributed by atoms with van der Waals surface area (Å²) in [6.45, 7) is 4.24. The van der Waals surface area contributed by atoms with Gasteiger partial charge in [0.15, 0.2) is 0 Å². The van der Waals surface area contributed by atoms with Crippen LogP contribution in [0.4, 0.5) is 10.5 Å². The van der Waals surface area contributed by atoms with E-state index in [-0.39, 0.29) is 11.9 Å². The molecule has 1 atom stereocenters. The number of nitrogens with one attached hydrogen (secondary N) is 3. The van der Waals surface area contributed by atoms with E-state index < -0.39 is 6.04 Å². The van der Waals surface area contributed by atoms with Crippen LogP contribution in [0.3, 0.4) is 0 Å². The number of hydrogen-bond acceptors (Lipinski definition) is 4. The molecule has 0 saturated carbocycles. The summed E-state index contributed by atoms with van der Waals surface area (Å²) in [6.07, 6.45) is 0.837. The smallest absolute Gasteiger partial charge is 0.319 e. The first-order chi connectivity index (χ1) is 14.4. The molecule has 1 aliphatic heterocycles. The Morgan fingerprint density at radius 2 is 1.97 bits per heavy atom. The first-order valence-electron chi connectivity index (χ1n) is 9.59. The number of methoxy groups -OCH3 is 1. The third-order valence-electron chi connectivity index (χ3n) is 4.61. The molecular weight excluding hydrogens is 450 g/mol. The number of rotatable bonds is 7. The van der Waals surface area contributed by atoms with E-state index in [1.165, 1.54) is 0 Å². The summed E-state index contributed by atoms with van der Waals surface area (Å²) in [4.78, 5) is 25.5. The van der Waals surface area contributed by atoms with Gasteiger partial charge in [-0.05, 0) is 43.7 Å². The van der Waals surface area contributed by atoms with Crippen molar-refractivity contribution in [3.8, 4) is 11.5 Å². The summed E-state index contributed by atoms with van der Waals surface area (Å²) in [5.41, 5.74) is 2.09. The Kier molecular flexibility index (Phi) is 6.99. The largest absolute Gasteiger partial charge is 0.495 e. The molecule has 1 heterocycles. The number of allylic oxidation sites excluding steroid dienone is 1. The van der Waals surface area contributed by atoms with E-state index in [9.17, 15) is 9.59 Å². The van der Waals surface area contributed by atoms with Gasteiger partial charge in [-0.1, -0.05) is 35.0 Å². The average Bonchev–Trinajstić information content (AvgIpc) is 2.72. The molecule has 2 aromatic rings. The van der Waals surface area contributed by atoms with Crippen LogP contribution in [0.25, 0.3) is 0 Å². The Bertz CT molecular complexity index is 990. The predicted molar refractivity (Wildman–Crippen MR) is 119 cm³/mol. The van der Waals surface area contributed by atoms with E-state index in [2.05, 4.69) is 31.9 Å². The van der Waals surface area contributed by atoms with Crippen LogP contribution in [0.15, 0.2) is 58.2 Å². The van der Waals surface area contributed by atoms with Crippen molar-refractivity contribution in [2.24, 2.45) is 0 Å². The molecule has 0 radical (unpaired) electrons. The highest BCUT2D eigenvalue weighted by molar-refractivity contribution is 9.10. The van der Waals surface area contributed by atoms with Crippen molar-refractivity contribution < 1.29 is 19.1 Å². The Labute approximate surface area is 184 Å². The number of amides is 3. The summed E-state index contributed by atoms with van der Waals surface area (Å²) in [5, 5.41) is 8.43.